The molecule has 4 aromatic carbocycles. The monoisotopic (exact) mass is 629 g/mol. The summed E-state index contributed by atoms with van der Waals surface area (Å²) < 4.78 is 43.3. The van der Waals surface area contributed by atoms with Gasteiger partial charge in [0.15, 0.2) is 0 Å². The number of nitrogens with zero attached hydrogens (tertiary/aromatic N) is 2. The predicted molar refractivity (Wildman–Crippen MR) is 176 cm³/mol. The summed E-state index contributed by atoms with van der Waals surface area (Å²) in [5, 5.41) is 3.00. The number of aryl methyl sites for hydroxylation is 1. The molecule has 0 radical (unpaired) electrons. The van der Waals surface area contributed by atoms with Gasteiger partial charge in [-0.1, -0.05) is 85.8 Å². The third kappa shape index (κ3) is 8.79. The lowest BCUT2D eigenvalue weighted by Gasteiger charge is -2.35. The zero-order chi connectivity index (χ0) is 32.6. The molecule has 4 aromatic rings. The molecular weight excluding hydrogens is 589 g/mol. The Morgan fingerprint density at radius 2 is 1.38 bits per heavy atom. The second-order valence-electron chi connectivity index (χ2n) is 11.9. The molecule has 0 aliphatic carbocycles. The summed E-state index contributed by atoms with van der Waals surface area (Å²) in [7, 11) is -4.19. The molecule has 4 rings (SSSR count). The van der Waals surface area contributed by atoms with E-state index >= 15 is 0 Å². The van der Waals surface area contributed by atoms with Gasteiger partial charge in [0.2, 0.25) is 11.8 Å². The maximum Gasteiger partial charge on any atom is 0.264 e. The molecule has 0 saturated heterocycles. The molecule has 1 N–H and O–H groups in total. The first-order valence-electron chi connectivity index (χ1n) is 14.9. The number of carbonyl (C=O) groups is 2. The van der Waals surface area contributed by atoms with Crippen molar-refractivity contribution in [3.05, 3.63) is 132 Å². The summed E-state index contributed by atoms with van der Waals surface area (Å²) in [6.45, 7) is 6.89. The van der Waals surface area contributed by atoms with Crippen LogP contribution in [0.25, 0.3) is 0 Å². The maximum atomic E-state index is 14.5. The van der Waals surface area contributed by atoms with Crippen molar-refractivity contribution in [2.45, 2.75) is 63.6 Å². The van der Waals surface area contributed by atoms with Crippen LogP contribution in [0.5, 0.6) is 0 Å². The largest absolute Gasteiger partial charge is 0.350 e. The van der Waals surface area contributed by atoms with Crippen LogP contribution in [0.15, 0.2) is 114 Å². The van der Waals surface area contributed by atoms with Gasteiger partial charge in [0.25, 0.3) is 10.0 Å². The number of sulfonamides is 1. The zero-order valence-electron chi connectivity index (χ0n) is 26.1. The Morgan fingerprint density at radius 1 is 0.800 bits per heavy atom. The van der Waals surface area contributed by atoms with Crippen molar-refractivity contribution in [3.63, 3.8) is 0 Å². The van der Waals surface area contributed by atoms with E-state index in [2.05, 4.69) is 5.32 Å². The molecule has 0 fully saturated rings. The molecule has 0 bridgehead atoms. The fourth-order valence-corrected chi connectivity index (χ4v) is 6.55. The highest BCUT2D eigenvalue weighted by Crippen LogP contribution is 2.28. The Hall–Kier alpha value is -4.50. The van der Waals surface area contributed by atoms with Crippen molar-refractivity contribution >= 4 is 27.5 Å². The van der Waals surface area contributed by atoms with Gasteiger partial charge < -0.3 is 10.2 Å². The summed E-state index contributed by atoms with van der Waals surface area (Å²) in [6.07, 6.45) is 0.724. The first-order valence-corrected chi connectivity index (χ1v) is 16.4. The number of nitrogens with one attached hydrogen (secondary N) is 1. The Balaban J connectivity index is 1.83. The molecule has 45 heavy (non-hydrogen) atoms. The minimum atomic E-state index is -4.19. The van der Waals surface area contributed by atoms with Gasteiger partial charge in [0.05, 0.1) is 10.6 Å². The fourth-order valence-electron chi connectivity index (χ4n) is 5.08. The standard InChI is InChI=1S/C36H40FN3O4S/c1-5-29-16-12-13-19-32(29)40(45(43,44)31-17-10-7-11-18-31)26-34(41)39(25-28-20-22-30(37)23-21-28)33(35(42)38-36(2,3)4)24-27-14-8-6-9-15-27/h6-23,33H,5,24-26H2,1-4H3,(H,38,42)/t33-/m0/s1. The van der Waals surface area contributed by atoms with E-state index in [0.29, 0.717) is 17.7 Å². The highest BCUT2D eigenvalue weighted by Gasteiger charge is 2.36. The summed E-state index contributed by atoms with van der Waals surface area (Å²) in [5.41, 5.74) is 1.96. The lowest BCUT2D eigenvalue weighted by molar-refractivity contribution is -0.140. The number of para-hydroxylation sites is 1. The van der Waals surface area contributed by atoms with E-state index in [1.807, 2.05) is 70.2 Å². The van der Waals surface area contributed by atoms with E-state index in [-0.39, 0.29) is 23.8 Å². The van der Waals surface area contributed by atoms with E-state index in [9.17, 15) is 22.4 Å². The summed E-state index contributed by atoms with van der Waals surface area (Å²) >= 11 is 0. The topological polar surface area (TPSA) is 86.8 Å². The lowest BCUT2D eigenvalue weighted by Crippen LogP contribution is -2.56. The van der Waals surface area contributed by atoms with Crippen molar-refractivity contribution in [2.24, 2.45) is 0 Å². The van der Waals surface area contributed by atoms with Crippen molar-refractivity contribution in [2.75, 3.05) is 10.8 Å². The van der Waals surface area contributed by atoms with E-state index < -0.39 is 39.9 Å². The average Bonchev–Trinajstić information content (AvgIpc) is 3.02. The van der Waals surface area contributed by atoms with Crippen LogP contribution in [0.3, 0.4) is 0 Å². The molecule has 1 atom stereocenters. The molecule has 0 saturated carbocycles. The minimum absolute atomic E-state index is 0.0389. The zero-order valence-corrected chi connectivity index (χ0v) is 26.9. The van der Waals surface area contributed by atoms with Crippen LogP contribution in [0, 0.1) is 5.82 Å². The fraction of sp³-hybridized carbons (Fsp3) is 0.278. The van der Waals surface area contributed by atoms with E-state index in [1.54, 1.807) is 42.5 Å². The molecule has 0 heterocycles. The van der Waals surface area contributed by atoms with Gasteiger partial charge in [-0.05, 0) is 74.2 Å². The van der Waals surface area contributed by atoms with E-state index in [4.69, 9.17) is 0 Å². The highest BCUT2D eigenvalue weighted by molar-refractivity contribution is 7.92. The predicted octanol–water partition coefficient (Wildman–Crippen LogP) is 6.14. The van der Waals surface area contributed by atoms with Crippen molar-refractivity contribution in [1.82, 2.24) is 10.2 Å². The normalized spacial score (nSPS) is 12.3. The molecule has 2 amide bonds. The minimum Gasteiger partial charge on any atom is -0.350 e. The van der Waals surface area contributed by atoms with Gasteiger partial charge in [-0.25, -0.2) is 12.8 Å². The quantitative estimate of drug-likeness (QED) is 0.204. The molecule has 0 unspecified atom stereocenters. The van der Waals surface area contributed by atoms with E-state index in [0.717, 1.165) is 15.4 Å². The summed E-state index contributed by atoms with van der Waals surface area (Å²) in [4.78, 5) is 29.9. The first kappa shape index (κ1) is 33.4. The number of hydrogen-bond acceptors (Lipinski definition) is 4. The molecule has 7 nitrogen and oxygen atoms in total. The number of halogens is 1. The van der Waals surface area contributed by atoms with Crippen molar-refractivity contribution in [1.29, 1.82) is 0 Å². The van der Waals surface area contributed by atoms with Gasteiger partial charge >= 0.3 is 0 Å². The molecule has 0 aromatic heterocycles. The van der Waals surface area contributed by atoms with Crippen molar-refractivity contribution in [3.8, 4) is 0 Å². The molecule has 0 aliphatic rings. The maximum absolute atomic E-state index is 14.5. The Kier molecular flexibility index (Phi) is 10.8. The van der Waals surface area contributed by atoms with Gasteiger partial charge in [0.1, 0.15) is 18.4 Å². The van der Waals surface area contributed by atoms with Gasteiger partial charge in [-0.3, -0.25) is 13.9 Å². The number of rotatable bonds is 12. The van der Waals surface area contributed by atoms with Crippen LogP contribution in [0.4, 0.5) is 10.1 Å². The summed E-state index contributed by atoms with van der Waals surface area (Å²) in [5.74, 6) is -1.39. The lowest BCUT2D eigenvalue weighted by atomic mass is 10.0. The molecular formula is C36H40FN3O4S. The third-order valence-corrected chi connectivity index (χ3v) is 9.06. The van der Waals surface area contributed by atoms with Crippen LogP contribution in [0.1, 0.15) is 44.4 Å². The Bertz CT molecular complexity index is 1690. The molecule has 0 spiro atoms. The van der Waals surface area contributed by atoms with Crippen LogP contribution >= 0.6 is 0 Å². The van der Waals surface area contributed by atoms with Gasteiger partial charge in [-0.15, -0.1) is 0 Å². The summed E-state index contributed by atoms with van der Waals surface area (Å²) in [6, 6.07) is 29.1. The highest BCUT2D eigenvalue weighted by atomic mass is 32.2. The third-order valence-electron chi connectivity index (χ3n) is 7.29. The van der Waals surface area contributed by atoms with Gasteiger partial charge in [0, 0.05) is 18.5 Å². The molecule has 236 valence electrons. The number of carbonyl (C=O) groups excluding carboxylic acids is 2. The number of anilines is 1. The Morgan fingerprint density at radius 3 is 1.98 bits per heavy atom. The molecule has 0 aliphatic heterocycles. The molecule has 9 heteroatoms. The average molecular weight is 630 g/mol. The first-order chi connectivity index (χ1) is 21.4. The second kappa shape index (κ2) is 14.5. The number of benzene rings is 4. The van der Waals surface area contributed by atoms with Crippen LogP contribution < -0.4 is 9.62 Å². The number of amides is 2. The van der Waals surface area contributed by atoms with Crippen LogP contribution in [-0.2, 0) is 39.0 Å². The SMILES string of the molecule is CCc1ccccc1N(CC(=O)N(Cc1ccc(F)cc1)[C@@H](Cc1ccccc1)C(=O)NC(C)(C)C)S(=O)(=O)c1ccccc1. The Labute approximate surface area is 265 Å². The van der Waals surface area contributed by atoms with Crippen LogP contribution in [-0.4, -0.2) is 43.3 Å². The second-order valence-corrected chi connectivity index (χ2v) is 13.8. The van der Waals surface area contributed by atoms with E-state index in [1.165, 1.54) is 29.2 Å². The number of hydrogen-bond donors (Lipinski definition) is 1. The van der Waals surface area contributed by atoms with Crippen molar-refractivity contribution < 1.29 is 22.4 Å². The van der Waals surface area contributed by atoms with Crippen LogP contribution in [0.2, 0.25) is 0 Å². The smallest absolute Gasteiger partial charge is 0.264 e. The van der Waals surface area contributed by atoms with Gasteiger partial charge in [-0.2, -0.15) is 0 Å².